The van der Waals surface area contributed by atoms with E-state index in [0.29, 0.717) is 0 Å². The van der Waals surface area contributed by atoms with Crippen LogP contribution in [0.4, 0.5) is 4.39 Å². The van der Waals surface area contributed by atoms with Gasteiger partial charge in [-0.1, -0.05) is 45.0 Å². The number of carbonyl (C=O) groups is 3. The third-order valence-corrected chi connectivity index (χ3v) is 6.81. The summed E-state index contributed by atoms with van der Waals surface area (Å²) in [5.41, 5.74) is 3.86. The van der Waals surface area contributed by atoms with Crippen LogP contribution in [0.25, 0.3) is 10.4 Å². The molecule has 1 aliphatic heterocycles. The fourth-order valence-corrected chi connectivity index (χ4v) is 4.79. The minimum absolute atomic E-state index is 0.135. The van der Waals surface area contributed by atoms with Crippen LogP contribution in [-0.4, -0.2) is 63.6 Å². The van der Waals surface area contributed by atoms with Gasteiger partial charge in [0.25, 0.3) is 0 Å². The molecule has 2 heterocycles. The fourth-order valence-electron chi connectivity index (χ4n) is 3.98. The van der Waals surface area contributed by atoms with Crippen LogP contribution in [0.3, 0.4) is 0 Å². The average molecular weight is 491 g/mol. The van der Waals surface area contributed by atoms with Crippen LogP contribution in [0.15, 0.2) is 29.8 Å². The van der Waals surface area contributed by atoms with Crippen LogP contribution >= 0.6 is 11.3 Å². The molecule has 0 radical (unpaired) electrons. The van der Waals surface area contributed by atoms with E-state index in [2.05, 4.69) is 15.6 Å². The summed E-state index contributed by atoms with van der Waals surface area (Å²) >= 11 is 1.54. The molecule has 34 heavy (non-hydrogen) atoms. The Morgan fingerprint density at radius 1 is 1.26 bits per heavy atom. The number of likely N-dealkylation sites (tertiary alicyclic amines) is 1. The Morgan fingerprint density at radius 2 is 1.91 bits per heavy atom. The molecular formula is C24H31FN4O4S. The van der Waals surface area contributed by atoms with E-state index in [1.807, 2.05) is 31.2 Å². The van der Waals surface area contributed by atoms with Crippen LogP contribution in [0.5, 0.6) is 0 Å². The van der Waals surface area contributed by atoms with E-state index < -0.39 is 47.5 Å². The lowest BCUT2D eigenvalue weighted by molar-refractivity contribution is -0.144. The number of aromatic nitrogens is 1. The number of halogens is 1. The molecule has 3 amide bonds. The van der Waals surface area contributed by atoms with E-state index in [4.69, 9.17) is 0 Å². The SMILES string of the molecule is CC(=O)NC(C(=O)N1CC(O)C(F)C1C(=O)NCc1ccc(-c2scnc2C)cc1)C(C)(C)C. The number of hydrogen-bond donors (Lipinski definition) is 3. The number of nitrogens with zero attached hydrogens (tertiary/aromatic N) is 2. The predicted octanol–water partition coefficient (Wildman–Crippen LogP) is 2.20. The second-order valence-electron chi connectivity index (χ2n) is 9.63. The van der Waals surface area contributed by atoms with Crippen LogP contribution in [-0.2, 0) is 20.9 Å². The third kappa shape index (κ3) is 5.61. The zero-order valence-corrected chi connectivity index (χ0v) is 20.8. The van der Waals surface area contributed by atoms with Crippen molar-refractivity contribution < 1.29 is 23.9 Å². The summed E-state index contributed by atoms with van der Waals surface area (Å²) in [4.78, 5) is 44.2. The molecule has 8 nitrogen and oxygen atoms in total. The average Bonchev–Trinajstić information content (AvgIpc) is 3.32. The second kappa shape index (κ2) is 10.2. The molecule has 0 saturated carbocycles. The Kier molecular flexibility index (Phi) is 7.72. The topological polar surface area (TPSA) is 112 Å². The van der Waals surface area contributed by atoms with Crippen molar-refractivity contribution >= 4 is 29.1 Å². The number of carbonyl (C=O) groups excluding carboxylic acids is 3. The fraction of sp³-hybridized carbons (Fsp3) is 0.500. The van der Waals surface area contributed by atoms with Crippen molar-refractivity contribution in [3.05, 3.63) is 41.0 Å². The number of benzene rings is 1. The van der Waals surface area contributed by atoms with E-state index in [1.165, 1.54) is 6.92 Å². The lowest BCUT2D eigenvalue weighted by Crippen LogP contribution is -2.58. The number of thiazole rings is 1. The number of hydrogen-bond acceptors (Lipinski definition) is 6. The Labute approximate surface area is 202 Å². The van der Waals surface area contributed by atoms with Gasteiger partial charge in [0.1, 0.15) is 18.2 Å². The molecule has 1 aromatic carbocycles. The number of nitrogens with one attached hydrogen (secondary N) is 2. The van der Waals surface area contributed by atoms with Gasteiger partial charge in [0, 0.05) is 13.5 Å². The monoisotopic (exact) mass is 490 g/mol. The highest BCUT2D eigenvalue weighted by molar-refractivity contribution is 7.13. The minimum atomic E-state index is -1.93. The molecule has 4 unspecified atom stereocenters. The zero-order chi connectivity index (χ0) is 25.2. The smallest absolute Gasteiger partial charge is 0.246 e. The molecule has 3 N–H and O–H groups in total. The first-order chi connectivity index (χ1) is 15.9. The normalized spacial score (nSPS) is 21.3. The molecule has 184 valence electrons. The Hall–Kier alpha value is -2.85. The van der Waals surface area contributed by atoms with Gasteiger partial charge in [0.2, 0.25) is 17.7 Å². The van der Waals surface area contributed by atoms with Gasteiger partial charge in [-0.3, -0.25) is 14.4 Å². The van der Waals surface area contributed by atoms with Gasteiger partial charge in [-0.2, -0.15) is 0 Å². The third-order valence-electron chi connectivity index (χ3n) is 5.83. The number of aryl methyl sites for hydroxylation is 1. The van der Waals surface area contributed by atoms with Crippen molar-refractivity contribution in [3.63, 3.8) is 0 Å². The molecule has 2 aromatic rings. The number of amides is 3. The molecule has 10 heteroatoms. The molecule has 3 rings (SSSR count). The van der Waals surface area contributed by atoms with Crippen molar-refractivity contribution in [2.75, 3.05) is 6.54 Å². The summed E-state index contributed by atoms with van der Waals surface area (Å²) in [5.74, 6) is -1.72. The lowest BCUT2D eigenvalue weighted by Gasteiger charge is -2.35. The van der Waals surface area contributed by atoms with Gasteiger partial charge in [0.05, 0.1) is 22.6 Å². The summed E-state index contributed by atoms with van der Waals surface area (Å²) in [6, 6.07) is 5.12. The molecule has 0 bridgehead atoms. The Morgan fingerprint density at radius 3 is 2.44 bits per heavy atom. The van der Waals surface area contributed by atoms with Gasteiger partial charge in [-0.15, -0.1) is 11.3 Å². The van der Waals surface area contributed by atoms with Gasteiger partial charge in [-0.25, -0.2) is 9.37 Å². The minimum Gasteiger partial charge on any atom is -0.388 e. The zero-order valence-electron chi connectivity index (χ0n) is 20.0. The Balaban J connectivity index is 1.72. The van der Waals surface area contributed by atoms with Crippen LogP contribution in [0, 0.1) is 12.3 Å². The highest BCUT2D eigenvalue weighted by Gasteiger charge is 2.50. The van der Waals surface area contributed by atoms with Gasteiger partial charge >= 0.3 is 0 Å². The number of β-amino-alcohol motifs (C(OH)–C–C–N with tert-alkyl or cyclic N) is 1. The maximum atomic E-state index is 14.8. The number of alkyl halides is 1. The van der Waals surface area contributed by atoms with E-state index in [1.54, 1.807) is 37.6 Å². The molecule has 1 aliphatic rings. The van der Waals surface area contributed by atoms with Gasteiger partial charge in [0.15, 0.2) is 6.17 Å². The standard InChI is InChI=1S/C24H31FN4O4S/c1-13-20(34-12-27-13)16-8-6-15(7-9-16)10-26-22(32)19-18(25)17(31)11-29(19)23(33)21(24(3,4)5)28-14(2)30/h6-9,12,17-19,21,31H,10-11H2,1-5H3,(H,26,32)(H,28,30). The molecule has 1 saturated heterocycles. The van der Waals surface area contributed by atoms with Crippen LogP contribution in [0.2, 0.25) is 0 Å². The van der Waals surface area contributed by atoms with Crippen molar-refractivity contribution in [2.45, 2.75) is 65.5 Å². The second-order valence-corrected chi connectivity index (χ2v) is 10.5. The molecule has 1 fully saturated rings. The van der Waals surface area contributed by atoms with Crippen molar-refractivity contribution in [2.24, 2.45) is 5.41 Å². The van der Waals surface area contributed by atoms with Crippen LogP contribution < -0.4 is 10.6 Å². The molecule has 0 aliphatic carbocycles. The lowest BCUT2D eigenvalue weighted by atomic mass is 9.85. The molecular weight excluding hydrogens is 459 g/mol. The quantitative estimate of drug-likeness (QED) is 0.575. The van der Waals surface area contributed by atoms with Crippen molar-refractivity contribution in [3.8, 4) is 10.4 Å². The first-order valence-corrected chi connectivity index (χ1v) is 11.9. The van der Waals surface area contributed by atoms with E-state index in [0.717, 1.165) is 26.6 Å². The number of aliphatic hydroxyl groups excluding tert-OH is 1. The van der Waals surface area contributed by atoms with Crippen molar-refractivity contribution in [1.29, 1.82) is 0 Å². The number of aliphatic hydroxyl groups is 1. The first-order valence-electron chi connectivity index (χ1n) is 11.1. The molecule has 4 atom stereocenters. The number of rotatable bonds is 6. The summed E-state index contributed by atoms with van der Waals surface area (Å²) in [6.45, 7) is 8.32. The predicted molar refractivity (Wildman–Crippen MR) is 128 cm³/mol. The summed E-state index contributed by atoms with van der Waals surface area (Å²) in [6.07, 6.45) is -3.42. The summed E-state index contributed by atoms with van der Waals surface area (Å²) in [7, 11) is 0. The Bertz CT molecular complexity index is 1050. The molecule has 0 spiro atoms. The first kappa shape index (κ1) is 25.8. The highest BCUT2D eigenvalue weighted by Crippen LogP contribution is 2.29. The summed E-state index contributed by atoms with van der Waals surface area (Å²) < 4.78 is 14.8. The van der Waals surface area contributed by atoms with Gasteiger partial charge in [-0.05, 0) is 23.5 Å². The largest absolute Gasteiger partial charge is 0.388 e. The van der Waals surface area contributed by atoms with Crippen molar-refractivity contribution in [1.82, 2.24) is 20.5 Å². The van der Waals surface area contributed by atoms with E-state index >= 15 is 0 Å². The van der Waals surface area contributed by atoms with Crippen LogP contribution in [0.1, 0.15) is 39.0 Å². The maximum Gasteiger partial charge on any atom is 0.246 e. The summed E-state index contributed by atoms with van der Waals surface area (Å²) in [5, 5.41) is 15.4. The highest BCUT2D eigenvalue weighted by atomic mass is 32.1. The maximum absolute atomic E-state index is 14.8. The van der Waals surface area contributed by atoms with E-state index in [9.17, 15) is 23.9 Å². The van der Waals surface area contributed by atoms with Gasteiger partial charge < -0.3 is 20.6 Å². The molecule has 1 aromatic heterocycles. The van der Waals surface area contributed by atoms with E-state index in [-0.39, 0.29) is 13.1 Å².